The number of nitrogens with one attached hydrogen (secondary N) is 3. The quantitative estimate of drug-likeness (QED) is 0.533. The van der Waals surface area contributed by atoms with Gasteiger partial charge in [-0.15, -0.1) is 0 Å². The number of hydrogen-bond donors (Lipinski definition) is 3. The Labute approximate surface area is 175 Å². The fraction of sp³-hybridized carbons (Fsp3) is 0.364. The van der Waals surface area contributed by atoms with Crippen molar-refractivity contribution in [2.24, 2.45) is 11.8 Å². The van der Waals surface area contributed by atoms with E-state index in [9.17, 15) is 4.79 Å². The van der Waals surface area contributed by atoms with Gasteiger partial charge in [0, 0.05) is 36.8 Å². The summed E-state index contributed by atoms with van der Waals surface area (Å²) < 4.78 is 0.486. The fourth-order valence-electron chi connectivity index (χ4n) is 3.94. The summed E-state index contributed by atoms with van der Waals surface area (Å²) >= 11 is 5.25. The summed E-state index contributed by atoms with van der Waals surface area (Å²) in [4.78, 5) is 24.1. The van der Waals surface area contributed by atoms with Gasteiger partial charge in [0.25, 0.3) is 0 Å². The van der Waals surface area contributed by atoms with Crippen molar-refractivity contribution in [3.05, 3.63) is 59.1 Å². The molecule has 1 aliphatic rings. The molecule has 0 atom stereocenters. The van der Waals surface area contributed by atoms with Crippen LogP contribution in [-0.4, -0.2) is 27.4 Å². The maximum Gasteiger partial charge on any atom is 0.223 e. The van der Waals surface area contributed by atoms with E-state index in [1.54, 1.807) is 12.4 Å². The van der Waals surface area contributed by atoms with E-state index >= 15 is 0 Å². The molecule has 7 heteroatoms. The Bertz CT molecular complexity index is 1030. The van der Waals surface area contributed by atoms with Crippen LogP contribution in [0.25, 0.3) is 10.9 Å². The number of anilines is 1. The van der Waals surface area contributed by atoms with E-state index < -0.39 is 0 Å². The second kappa shape index (κ2) is 9.13. The van der Waals surface area contributed by atoms with E-state index in [0.29, 0.717) is 17.2 Å². The minimum absolute atomic E-state index is 0.104. The highest BCUT2D eigenvalue weighted by molar-refractivity contribution is 7.71. The van der Waals surface area contributed by atoms with E-state index in [4.69, 9.17) is 12.2 Å². The summed E-state index contributed by atoms with van der Waals surface area (Å²) in [6, 6.07) is 11.9. The van der Waals surface area contributed by atoms with Gasteiger partial charge in [0.05, 0.1) is 5.52 Å². The average molecular weight is 408 g/mol. The zero-order chi connectivity index (χ0) is 20.1. The smallest absolute Gasteiger partial charge is 0.223 e. The zero-order valence-electron chi connectivity index (χ0n) is 16.2. The molecule has 1 aliphatic carbocycles. The van der Waals surface area contributed by atoms with Crippen LogP contribution in [0, 0.1) is 16.6 Å². The number of H-pyrrole nitrogens is 1. The molecule has 3 aromatic rings. The number of fused-ring (bicyclic) bond motifs is 1. The Morgan fingerprint density at radius 3 is 2.76 bits per heavy atom. The van der Waals surface area contributed by atoms with Gasteiger partial charge < -0.3 is 15.6 Å². The lowest BCUT2D eigenvalue weighted by molar-refractivity contribution is -0.126. The number of aromatic amines is 1. The molecule has 2 aromatic heterocycles. The number of carbonyl (C=O) groups is 1. The number of carbonyl (C=O) groups excluding carboxylic acids is 1. The molecule has 1 fully saturated rings. The highest BCUT2D eigenvalue weighted by atomic mass is 32.1. The maximum absolute atomic E-state index is 12.5. The molecule has 0 bridgehead atoms. The van der Waals surface area contributed by atoms with Crippen molar-refractivity contribution in [2.75, 3.05) is 11.9 Å². The number of aromatic nitrogens is 3. The standard InChI is InChI=1S/C22H25N5OS/c28-21(25-14-16-4-3-11-23-12-16)17-9-7-15(8-10-17)13-24-20-18-5-1-2-6-19(18)26-22(29)27-20/h1-6,11-12,15,17H,7-10,13-14H2,(H,25,28)(H2,24,26,27,29). The largest absolute Gasteiger partial charge is 0.369 e. The number of amides is 1. The first-order chi connectivity index (χ1) is 14.2. The number of rotatable bonds is 6. The highest BCUT2D eigenvalue weighted by Crippen LogP contribution is 2.29. The number of benzene rings is 1. The summed E-state index contributed by atoms with van der Waals surface area (Å²) in [5.74, 6) is 1.63. The van der Waals surface area contributed by atoms with Crippen molar-refractivity contribution < 1.29 is 4.79 Å². The van der Waals surface area contributed by atoms with Gasteiger partial charge in [0.1, 0.15) is 5.82 Å². The van der Waals surface area contributed by atoms with E-state index in [2.05, 4.69) is 25.6 Å². The zero-order valence-corrected chi connectivity index (χ0v) is 17.0. The summed E-state index contributed by atoms with van der Waals surface area (Å²) in [6.45, 7) is 1.39. The first-order valence-corrected chi connectivity index (χ1v) is 10.5. The van der Waals surface area contributed by atoms with Gasteiger partial charge in [0.2, 0.25) is 5.91 Å². The van der Waals surface area contributed by atoms with Crippen LogP contribution < -0.4 is 10.6 Å². The number of para-hydroxylation sites is 1. The van der Waals surface area contributed by atoms with Crippen LogP contribution in [0.15, 0.2) is 48.8 Å². The molecule has 2 heterocycles. The SMILES string of the molecule is O=C(NCc1cccnc1)C1CCC(CNc2nc(=S)[nH]c3ccccc23)CC1. The number of nitrogens with zero attached hydrogens (tertiary/aromatic N) is 2. The van der Waals surface area contributed by atoms with E-state index in [1.807, 2.05) is 36.4 Å². The van der Waals surface area contributed by atoms with Gasteiger partial charge in [0.15, 0.2) is 4.77 Å². The third-order valence-corrected chi connectivity index (χ3v) is 5.80. The van der Waals surface area contributed by atoms with E-state index in [1.165, 1.54) is 0 Å². The molecular formula is C22H25N5OS. The van der Waals surface area contributed by atoms with E-state index in [-0.39, 0.29) is 11.8 Å². The Kier molecular flexibility index (Phi) is 6.14. The average Bonchev–Trinajstić information content (AvgIpc) is 2.77. The summed E-state index contributed by atoms with van der Waals surface area (Å²) in [7, 11) is 0. The van der Waals surface area contributed by atoms with Gasteiger partial charge in [-0.1, -0.05) is 18.2 Å². The van der Waals surface area contributed by atoms with Gasteiger partial charge >= 0.3 is 0 Å². The van der Waals surface area contributed by atoms with Crippen molar-refractivity contribution in [1.29, 1.82) is 0 Å². The summed E-state index contributed by atoms with van der Waals surface area (Å²) in [5.41, 5.74) is 2.02. The Hall–Kier alpha value is -2.80. The Morgan fingerprint density at radius 1 is 1.14 bits per heavy atom. The fourth-order valence-corrected chi connectivity index (χ4v) is 4.15. The van der Waals surface area contributed by atoms with Crippen molar-refractivity contribution in [1.82, 2.24) is 20.3 Å². The van der Waals surface area contributed by atoms with Crippen LogP contribution >= 0.6 is 12.2 Å². The first kappa shape index (κ1) is 19.5. The molecule has 1 amide bonds. The molecule has 0 radical (unpaired) electrons. The van der Waals surface area contributed by atoms with Crippen molar-refractivity contribution in [3.8, 4) is 0 Å². The normalized spacial score (nSPS) is 19.0. The monoisotopic (exact) mass is 407 g/mol. The van der Waals surface area contributed by atoms with Crippen LogP contribution in [0.2, 0.25) is 0 Å². The first-order valence-electron chi connectivity index (χ1n) is 10.1. The third kappa shape index (κ3) is 4.98. The third-order valence-electron chi connectivity index (χ3n) is 5.60. The molecule has 1 aromatic carbocycles. The molecule has 3 N–H and O–H groups in total. The molecule has 1 saturated carbocycles. The lowest BCUT2D eigenvalue weighted by Crippen LogP contribution is -2.33. The molecule has 0 spiro atoms. The minimum Gasteiger partial charge on any atom is -0.369 e. The molecule has 150 valence electrons. The summed E-state index contributed by atoms with van der Waals surface area (Å²) in [5, 5.41) is 7.58. The molecule has 0 saturated heterocycles. The van der Waals surface area contributed by atoms with Gasteiger partial charge in [-0.2, -0.15) is 0 Å². The summed E-state index contributed by atoms with van der Waals surface area (Å²) in [6.07, 6.45) is 7.45. The van der Waals surface area contributed by atoms with Gasteiger partial charge in [-0.3, -0.25) is 9.78 Å². The van der Waals surface area contributed by atoms with Crippen LogP contribution in [0.1, 0.15) is 31.2 Å². The van der Waals surface area contributed by atoms with Crippen molar-refractivity contribution >= 4 is 34.8 Å². The van der Waals surface area contributed by atoms with Gasteiger partial charge in [-0.05, 0) is 67.6 Å². The predicted octanol–water partition coefficient (Wildman–Crippen LogP) is 4.22. The Balaban J connectivity index is 1.27. The van der Waals surface area contributed by atoms with Crippen LogP contribution in [0.4, 0.5) is 5.82 Å². The molecule has 29 heavy (non-hydrogen) atoms. The lowest BCUT2D eigenvalue weighted by Gasteiger charge is -2.28. The van der Waals surface area contributed by atoms with Crippen LogP contribution in [0.5, 0.6) is 0 Å². The number of pyridine rings is 1. The second-order valence-electron chi connectivity index (χ2n) is 7.61. The van der Waals surface area contributed by atoms with Crippen molar-refractivity contribution in [3.63, 3.8) is 0 Å². The molecule has 6 nitrogen and oxygen atoms in total. The van der Waals surface area contributed by atoms with E-state index in [0.717, 1.165) is 54.5 Å². The molecular weight excluding hydrogens is 382 g/mol. The molecule has 0 unspecified atom stereocenters. The van der Waals surface area contributed by atoms with Crippen LogP contribution in [0.3, 0.4) is 0 Å². The second-order valence-corrected chi connectivity index (χ2v) is 8.00. The molecule has 0 aliphatic heterocycles. The maximum atomic E-state index is 12.5. The van der Waals surface area contributed by atoms with Gasteiger partial charge in [-0.25, -0.2) is 4.98 Å². The molecule has 4 rings (SSSR count). The minimum atomic E-state index is 0.104. The number of hydrogen-bond acceptors (Lipinski definition) is 5. The highest BCUT2D eigenvalue weighted by Gasteiger charge is 2.26. The van der Waals surface area contributed by atoms with Crippen LogP contribution in [-0.2, 0) is 11.3 Å². The predicted molar refractivity (Wildman–Crippen MR) is 117 cm³/mol. The van der Waals surface area contributed by atoms with Crippen molar-refractivity contribution in [2.45, 2.75) is 32.2 Å². The lowest BCUT2D eigenvalue weighted by atomic mass is 9.81. The Morgan fingerprint density at radius 2 is 1.97 bits per heavy atom. The topological polar surface area (TPSA) is 82.7 Å².